The Hall–Kier alpha value is -1.16. The van der Waals surface area contributed by atoms with E-state index in [0.29, 0.717) is 28.9 Å². The summed E-state index contributed by atoms with van der Waals surface area (Å²) in [6.45, 7) is 3.01. The Labute approximate surface area is 122 Å². The quantitative estimate of drug-likeness (QED) is 0.899. The van der Waals surface area contributed by atoms with E-state index >= 15 is 0 Å². The monoisotopic (exact) mass is 299 g/mol. The zero-order chi connectivity index (χ0) is 13.8. The van der Waals surface area contributed by atoms with Crippen LogP contribution in [0.25, 0.3) is 0 Å². The fourth-order valence-electron chi connectivity index (χ4n) is 1.74. The average molecular weight is 300 g/mol. The van der Waals surface area contributed by atoms with Crippen LogP contribution in [-0.2, 0) is 13.2 Å². The van der Waals surface area contributed by atoms with E-state index < -0.39 is 0 Å². The summed E-state index contributed by atoms with van der Waals surface area (Å²) in [4.78, 5) is 0. The number of ether oxygens (including phenoxy) is 1. The van der Waals surface area contributed by atoms with E-state index in [4.69, 9.17) is 32.4 Å². The molecule has 0 amide bonds. The van der Waals surface area contributed by atoms with Crippen molar-refractivity contribution in [1.29, 1.82) is 0 Å². The van der Waals surface area contributed by atoms with Crippen LogP contribution < -0.4 is 10.1 Å². The minimum atomic E-state index is 0.402. The van der Waals surface area contributed by atoms with Gasteiger partial charge in [-0.05, 0) is 32.2 Å². The summed E-state index contributed by atoms with van der Waals surface area (Å²) < 4.78 is 11.3. The smallest absolute Gasteiger partial charge is 0.139 e. The number of aryl methyl sites for hydroxylation is 1. The van der Waals surface area contributed by atoms with Crippen molar-refractivity contribution >= 4 is 23.2 Å². The molecule has 0 aliphatic rings. The van der Waals surface area contributed by atoms with Crippen LogP contribution in [0.15, 0.2) is 28.7 Å². The first-order chi connectivity index (χ1) is 9.10. The molecule has 0 bridgehead atoms. The number of hydrogen-bond donors (Lipinski definition) is 1. The third kappa shape index (κ3) is 3.66. The zero-order valence-corrected chi connectivity index (χ0v) is 12.3. The van der Waals surface area contributed by atoms with E-state index in [1.54, 1.807) is 18.2 Å². The van der Waals surface area contributed by atoms with Gasteiger partial charge < -0.3 is 14.5 Å². The molecule has 2 aromatic rings. The highest BCUT2D eigenvalue weighted by molar-refractivity contribution is 6.34. The Kier molecular flexibility index (Phi) is 4.75. The summed E-state index contributed by atoms with van der Waals surface area (Å²) in [5.74, 6) is 2.31. The third-order valence-electron chi connectivity index (χ3n) is 2.70. The van der Waals surface area contributed by atoms with Gasteiger partial charge in [0.15, 0.2) is 0 Å². The zero-order valence-electron chi connectivity index (χ0n) is 10.8. The number of furan rings is 1. The Bertz CT molecular complexity index is 567. The van der Waals surface area contributed by atoms with E-state index in [2.05, 4.69) is 5.32 Å². The van der Waals surface area contributed by atoms with Gasteiger partial charge in [0.1, 0.15) is 23.9 Å². The average Bonchev–Trinajstić information content (AvgIpc) is 2.71. The predicted molar refractivity (Wildman–Crippen MR) is 77.0 cm³/mol. The van der Waals surface area contributed by atoms with Crippen LogP contribution >= 0.6 is 23.2 Å². The summed E-state index contributed by atoms with van der Waals surface area (Å²) in [6, 6.07) is 7.12. The van der Waals surface area contributed by atoms with E-state index in [1.807, 2.05) is 20.0 Å². The first-order valence-electron chi connectivity index (χ1n) is 5.91. The molecule has 0 unspecified atom stereocenters. The highest BCUT2D eigenvalue weighted by Gasteiger charge is 2.09. The lowest BCUT2D eigenvalue weighted by Gasteiger charge is -2.07. The van der Waals surface area contributed by atoms with Crippen molar-refractivity contribution in [3.05, 3.63) is 51.4 Å². The molecular formula is C14H15Cl2NO2. The number of hydrogen-bond acceptors (Lipinski definition) is 3. The van der Waals surface area contributed by atoms with Crippen LogP contribution in [0.4, 0.5) is 0 Å². The minimum Gasteiger partial charge on any atom is -0.487 e. The molecule has 2 rings (SSSR count). The molecule has 19 heavy (non-hydrogen) atoms. The largest absolute Gasteiger partial charge is 0.487 e. The second-order valence-corrected chi connectivity index (χ2v) is 5.03. The van der Waals surface area contributed by atoms with Crippen LogP contribution in [-0.4, -0.2) is 7.05 Å². The van der Waals surface area contributed by atoms with E-state index in [1.165, 1.54) is 0 Å². The van der Waals surface area contributed by atoms with Crippen molar-refractivity contribution in [2.45, 2.75) is 20.1 Å². The minimum absolute atomic E-state index is 0.402. The number of nitrogens with one attached hydrogen (secondary N) is 1. The van der Waals surface area contributed by atoms with Crippen molar-refractivity contribution in [2.75, 3.05) is 7.05 Å². The highest BCUT2D eigenvalue weighted by Crippen LogP contribution is 2.29. The maximum atomic E-state index is 6.04. The molecule has 1 N–H and O–H groups in total. The molecule has 3 nitrogen and oxygen atoms in total. The first kappa shape index (κ1) is 14.3. The van der Waals surface area contributed by atoms with Crippen molar-refractivity contribution in [1.82, 2.24) is 5.32 Å². The van der Waals surface area contributed by atoms with Crippen molar-refractivity contribution < 1.29 is 9.15 Å². The Balaban J connectivity index is 2.07. The molecule has 0 aliphatic carbocycles. The summed E-state index contributed by atoms with van der Waals surface area (Å²) in [5.41, 5.74) is 1.00. The molecule has 0 radical (unpaired) electrons. The number of rotatable bonds is 5. The lowest BCUT2D eigenvalue weighted by atomic mass is 10.2. The summed E-state index contributed by atoms with van der Waals surface area (Å²) in [5, 5.41) is 4.18. The second-order valence-electron chi connectivity index (χ2n) is 4.19. The molecule has 5 heteroatoms. The Morgan fingerprint density at radius 2 is 2.05 bits per heavy atom. The maximum Gasteiger partial charge on any atom is 0.139 e. The van der Waals surface area contributed by atoms with Gasteiger partial charge in [0.05, 0.1) is 11.6 Å². The molecule has 0 atom stereocenters. The van der Waals surface area contributed by atoms with Crippen LogP contribution in [0.2, 0.25) is 10.0 Å². The van der Waals surface area contributed by atoms with E-state index in [-0.39, 0.29) is 0 Å². The lowest BCUT2D eigenvalue weighted by molar-refractivity contribution is 0.303. The van der Waals surface area contributed by atoms with Gasteiger partial charge in [-0.3, -0.25) is 0 Å². The number of halogens is 2. The fraction of sp³-hybridized carbons (Fsp3) is 0.286. The molecule has 0 saturated carbocycles. The molecule has 0 fully saturated rings. The normalized spacial score (nSPS) is 10.7. The lowest BCUT2D eigenvalue weighted by Crippen LogP contribution is -2.03. The van der Waals surface area contributed by atoms with Crippen LogP contribution in [0.5, 0.6) is 5.75 Å². The topological polar surface area (TPSA) is 34.4 Å². The molecule has 1 aromatic heterocycles. The maximum absolute atomic E-state index is 6.04. The SMILES string of the molecule is CNCc1cc(COc2cc(Cl)ccc2Cl)c(C)o1. The van der Waals surface area contributed by atoms with Gasteiger partial charge in [-0.2, -0.15) is 0 Å². The molecule has 1 heterocycles. The van der Waals surface area contributed by atoms with Crippen molar-refractivity contribution in [2.24, 2.45) is 0 Å². The van der Waals surface area contributed by atoms with Crippen LogP contribution in [0.1, 0.15) is 17.1 Å². The van der Waals surface area contributed by atoms with Gasteiger partial charge in [-0.15, -0.1) is 0 Å². The number of benzene rings is 1. The molecule has 1 aromatic carbocycles. The Morgan fingerprint density at radius 1 is 1.26 bits per heavy atom. The first-order valence-corrected chi connectivity index (χ1v) is 6.66. The highest BCUT2D eigenvalue weighted by atomic mass is 35.5. The standard InChI is InChI=1S/C14H15Cl2NO2/c1-9-10(5-12(19-9)7-17-2)8-18-14-6-11(15)3-4-13(14)16/h3-6,17H,7-8H2,1-2H3. The summed E-state index contributed by atoms with van der Waals surface area (Å²) in [6.07, 6.45) is 0. The van der Waals surface area contributed by atoms with Gasteiger partial charge in [-0.25, -0.2) is 0 Å². The third-order valence-corrected chi connectivity index (χ3v) is 3.25. The van der Waals surface area contributed by atoms with E-state index in [9.17, 15) is 0 Å². The molecular weight excluding hydrogens is 285 g/mol. The van der Waals surface area contributed by atoms with Gasteiger partial charge >= 0.3 is 0 Å². The second kappa shape index (κ2) is 6.33. The summed E-state index contributed by atoms with van der Waals surface area (Å²) in [7, 11) is 1.87. The molecule has 102 valence electrons. The Morgan fingerprint density at radius 3 is 2.79 bits per heavy atom. The van der Waals surface area contributed by atoms with Gasteiger partial charge in [-0.1, -0.05) is 23.2 Å². The molecule has 0 saturated heterocycles. The van der Waals surface area contributed by atoms with Crippen molar-refractivity contribution in [3.63, 3.8) is 0 Å². The van der Waals surface area contributed by atoms with Gasteiger partial charge in [0.25, 0.3) is 0 Å². The van der Waals surface area contributed by atoms with E-state index in [0.717, 1.165) is 17.1 Å². The van der Waals surface area contributed by atoms with Gasteiger partial charge in [0.2, 0.25) is 0 Å². The predicted octanol–water partition coefficient (Wildman–Crippen LogP) is 4.19. The molecule has 0 aliphatic heterocycles. The van der Waals surface area contributed by atoms with Crippen molar-refractivity contribution in [3.8, 4) is 5.75 Å². The fourth-order valence-corrected chi connectivity index (χ4v) is 2.07. The summed E-state index contributed by atoms with van der Waals surface area (Å²) >= 11 is 11.9. The molecule has 0 spiro atoms. The van der Waals surface area contributed by atoms with Gasteiger partial charge in [0, 0.05) is 16.7 Å². The van der Waals surface area contributed by atoms with Crippen LogP contribution in [0, 0.1) is 6.92 Å². The van der Waals surface area contributed by atoms with Crippen LogP contribution in [0.3, 0.4) is 0 Å².